The summed E-state index contributed by atoms with van der Waals surface area (Å²) >= 11 is 6.00. The summed E-state index contributed by atoms with van der Waals surface area (Å²) in [5, 5.41) is 54.9. The van der Waals surface area contributed by atoms with Gasteiger partial charge in [-0.1, -0.05) is 140 Å². The first-order chi connectivity index (χ1) is 57.0. The molecule has 10 atom stereocenters. The minimum Gasteiger partial charge on any atom is -0.479 e. The monoisotopic (exact) mass is 1730 g/mol. The van der Waals surface area contributed by atoms with E-state index < -0.39 is 95.1 Å². The molecule has 6 N–H and O–H groups in total. The fourth-order valence-electron chi connectivity index (χ4n) is 17.1. The van der Waals surface area contributed by atoms with Crippen molar-refractivity contribution >= 4 is 93.1 Å². The number of carbonyl (C=O) groups excluding carboxylic acids is 7. The number of rotatable bonds is 17. The number of esters is 1. The average Bonchev–Trinajstić information content (AvgIpc) is 1.59. The Balaban J connectivity index is 0.000000225. The number of carboxylic acid groups (broad SMARTS) is 1. The minimum absolute atomic E-state index is 0. The molecule has 6 amide bonds. The van der Waals surface area contributed by atoms with Crippen LogP contribution in [-0.2, 0) is 55.8 Å². The molecule has 0 spiro atoms. The van der Waals surface area contributed by atoms with Crippen LogP contribution < -0.4 is 32.4 Å². The van der Waals surface area contributed by atoms with E-state index in [2.05, 4.69) is 37.5 Å². The van der Waals surface area contributed by atoms with E-state index in [0.29, 0.717) is 60.8 Å². The Morgan fingerprint density at radius 1 is 0.496 bits per heavy atom. The lowest BCUT2D eigenvalue weighted by Gasteiger charge is -2.30. The molecule has 16 rings (SSSR count). The molecule has 8 aromatic rings. The van der Waals surface area contributed by atoms with Crippen LogP contribution in [0.4, 0.5) is 9.59 Å². The number of aliphatic carboxylic acids is 1. The predicted octanol–water partition coefficient (Wildman–Crippen LogP) is 16.2. The predicted molar refractivity (Wildman–Crippen MR) is 475 cm³/mol. The maximum atomic E-state index is 14.8. The Morgan fingerprint density at radius 3 is 1.31 bits per heavy atom. The highest BCUT2D eigenvalue weighted by Gasteiger charge is 2.63. The number of aliphatic hydroxyl groups is 1. The van der Waals surface area contributed by atoms with E-state index in [1.807, 2.05) is 146 Å². The molecule has 648 valence electrons. The van der Waals surface area contributed by atoms with Crippen molar-refractivity contribution in [2.24, 2.45) is 11.8 Å². The third-order valence-corrected chi connectivity index (χ3v) is 26.4. The van der Waals surface area contributed by atoms with Gasteiger partial charge in [0.2, 0.25) is 23.6 Å². The lowest BCUT2D eigenvalue weighted by Crippen LogP contribution is -2.56. The average molecular weight is 1730 g/mol. The van der Waals surface area contributed by atoms with Gasteiger partial charge in [0.25, 0.3) is 11.1 Å². The number of alkyl carbamates (subject to hydrolysis) is 2. The van der Waals surface area contributed by atoms with Crippen molar-refractivity contribution in [1.29, 1.82) is 0 Å². The standard InChI is InChI=1S/C44H49N5O7S2.C36H41N5O7S2.C8H10O.4CH4/c50-39-37-23-33(49-41(52)38(31-19-22-58-28-31)35(25-45-49)30-18-21-57-27-30)26-48(37)40(51)36(46-43(54)56-34-14-9-10-15-34)16-8-3-1-2-7-13-32-24-44(32,47-39)42(53)55-20-17-29-11-5-4-6-12-29;42-31-29-16-25(41-33(44)30(23-13-15-50-21-23)27(18-37-41)22-12-14-49-20-22)19-40(29)32(43)28(38-35(47)48-26-9-6-7-10-26)11-5-3-1-2-4-8-24-17-36(24,39-31)34(45)46;9-7-6-8-4-2-1-3-5-8;;;;/h4-7,11-13,18-19,21-22,25,27-28,32-34,36-37H,1-3,8-10,14-17,20,23-24,26H2,(H,46,54)(H,47,50);4,8,12-15,18,20-21,24-26,28-29H,1-3,5-7,9-11,16-17,19H2,(H,38,47)(H,39,42)(H,45,46);1-5,9H,6-7H2;4*1H4/b13-7-;8-4-;;;;;/t32?,33-,36+,37+,44-;24?,25-,28+,29+,36-;;;;;/m11...../s1. The molecular weight excluding hydrogens is 1610 g/mol. The highest BCUT2D eigenvalue weighted by Crippen LogP contribution is 2.48. The number of amides is 6. The van der Waals surface area contributed by atoms with Crippen LogP contribution in [0.2, 0.25) is 0 Å². The van der Waals surface area contributed by atoms with Crippen LogP contribution in [0, 0.1) is 11.8 Å². The number of hydrogen-bond acceptors (Lipinski definition) is 20. The van der Waals surface area contributed by atoms with Gasteiger partial charge < -0.3 is 55.5 Å². The van der Waals surface area contributed by atoms with Crippen molar-refractivity contribution in [2.45, 2.75) is 243 Å². The van der Waals surface area contributed by atoms with E-state index in [1.165, 1.54) is 70.1 Å². The summed E-state index contributed by atoms with van der Waals surface area (Å²) in [6.45, 7) is 0.367. The van der Waals surface area contributed by atoms with Crippen LogP contribution in [0.25, 0.3) is 44.5 Å². The van der Waals surface area contributed by atoms with Gasteiger partial charge in [0, 0.05) is 61.9 Å². The number of nitrogens with one attached hydrogen (secondary N) is 4. The van der Waals surface area contributed by atoms with Crippen LogP contribution in [0.1, 0.15) is 194 Å². The first kappa shape index (κ1) is 93.1. The van der Waals surface area contributed by atoms with Crippen molar-refractivity contribution < 1.29 is 62.8 Å². The Bertz CT molecular complexity index is 4930. The maximum Gasteiger partial charge on any atom is 0.408 e. The normalized spacial score (nSPS) is 24.7. The van der Waals surface area contributed by atoms with Gasteiger partial charge in [0.1, 0.15) is 47.5 Å². The Hall–Kier alpha value is -10.2. The van der Waals surface area contributed by atoms with Crippen LogP contribution >= 0.6 is 45.3 Å². The number of thiophene rings is 4. The van der Waals surface area contributed by atoms with Crippen LogP contribution in [0.3, 0.4) is 0 Å². The molecule has 0 radical (unpaired) electrons. The number of benzene rings is 2. The molecule has 4 aliphatic heterocycles. The van der Waals surface area contributed by atoms with Gasteiger partial charge in [-0.15, -0.1) is 0 Å². The number of nitrogens with zero attached hydrogens (tertiary/aromatic N) is 6. The van der Waals surface area contributed by atoms with Gasteiger partial charge in [-0.3, -0.25) is 28.8 Å². The molecule has 2 aromatic carbocycles. The third kappa shape index (κ3) is 22.4. The number of carbonyl (C=O) groups is 8. The van der Waals surface area contributed by atoms with Gasteiger partial charge in [-0.05, 0) is 210 Å². The first-order valence-electron chi connectivity index (χ1n) is 40.9. The molecule has 121 heavy (non-hydrogen) atoms. The highest BCUT2D eigenvalue weighted by atomic mass is 32.1. The lowest BCUT2D eigenvalue weighted by atomic mass is 10.0. The number of fused-ring (bicyclic) bond motifs is 4. The van der Waals surface area contributed by atoms with Gasteiger partial charge >= 0.3 is 24.1 Å². The van der Waals surface area contributed by atoms with Gasteiger partial charge in [-0.2, -0.15) is 55.5 Å². The quantitative estimate of drug-likeness (QED) is 0.0280. The molecule has 6 aromatic heterocycles. The summed E-state index contributed by atoms with van der Waals surface area (Å²) in [7, 11) is 0. The number of carboxylic acids is 1. The molecule has 0 bridgehead atoms. The number of aromatic nitrogens is 4. The zero-order chi connectivity index (χ0) is 81.4. The number of aliphatic hydroxyl groups excluding tert-OH is 1. The lowest BCUT2D eigenvalue weighted by molar-refractivity contribution is -0.150. The van der Waals surface area contributed by atoms with Crippen molar-refractivity contribution in [3.8, 4) is 44.5 Å². The smallest absolute Gasteiger partial charge is 0.408 e. The molecular formula is C92H116N10O15S4. The Labute approximate surface area is 724 Å². The maximum absolute atomic E-state index is 14.8. The van der Waals surface area contributed by atoms with E-state index in [1.54, 1.807) is 12.4 Å². The van der Waals surface area contributed by atoms with E-state index in [4.69, 9.17) is 19.3 Å². The largest absolute Gasteiger partial charge is 0.479 e. The van der Waals surface area contributed by atoms with E-state index in [-0.39, 0.29) is 110 Å². The Kier molecular flexibility index (Phi) is 33.5. The molecule has 8 aliphatic rings. The topological polar surface area (TPSA) is 329 Å². The number of ether oxygens (including phenoxy) is 3. The summed E-state index contributed by atoms with van der Waals surface area (Å²) < 4.78 is 19.9. The zero-order valence-electron chi connectivity index (χ0n) is 65.3. The summed E-state index contributed by atoms with van der Waals surface area (Å²) in [6, 6.07) is 21.9. The van der Waals surface area contributed by atoms with E-state index in [0.717, 1.165) is 124 Å². The number of allylic oxidation sites excluding steroid dienone is 2. The molecule has 10 heterocycles. The fraction of sp³-hybridized carbons (Fsp3) is 0.478. The Morgan fingerprint density at radius 2 is 0.893 bits per heavy atom. The SMILES string of the molecule is C.C.C.C.O=C(N[C@H]1CCCCC/C=C\C2C[C@@]2(C(=O)O)NC(=O)[C@@H]2C[C@@H](n3ncc(-c4ccsc4)c(-c4ccsc4)c3=O)CN2C1=O)OC1CCCC1.O=C(N[C@H]1CCCCC/C=C\C2C[C@@]2(C(=O)OCCc2ccccc2)NC(=O)[C@@H]2C[C@@H](n3ncc(-c4ccsc4)c(-c4ccsc4)c3=O)CN2C1=O)OC1CCCC1.OCCc1ccccc1. The highest BCUT2D eigenvalue weighted by molar-refractivity contribution is 7.09. The molecule has 29 heteroatoms. The van der Waals surface area contributed by atoms with Crippen molar-refractivity contribution in [3.05, 3.63) is 197 Å². The molecule has 6 fully saturated rings. The molecule has 2 unspecified atom stereocenters. The summed E-state index contributed by atoms with van der Waals surface area (Å²) in [4.78, 5) is 142. The summed E-state index contributed by atoms with van der Waals surface area (Å²) in [5.41, 5.74) is 4.41. The van der Waals surface area contributed by atoms with Crippen molar-refractivity contribution in [2.75, 3.05) is 26.3 Å². The van der Waals surface area contributed by atoms with Gasteiger partial charge in [0.05, 0.1) is 42.2 Å². The number of hydrogen-bond donors (Lipinski definition) is 6. The van der Waals surface area contributed by atoms with E-state index >= 15 is 0 Å². The van der Waals surface area contributed by atoms with Crippen LogP contribution in [0.15, 0.2) is 174 Å². The molecule has 2 saturated heterocycles. The second-order valence-corrected chi connectivity index (χ2v) is 34.7. The van der Waals surface area contributed by atoms with Crippen LogP contribution in [-0.4, -0.2) is 161 Å². The molecule has 4 saturated carbocycles. The van der Waals surface area contributed by atoms with Crippen molar-refractivity contribution in [3.63, 3.8) is 0 Å². The fourth-order valence-corrected chi connectivity index (χ4v) is 19.7. The summed E-state index contributed by atoms with van der Waals surface area (Å²) in [5.74, 6) is -4.31. The zero-order valence-corrected chi connectivity index (χ0v) is 68.5. The van der Waals surface area contributed by atoms with Gasteiger partial charge in [0.15, 0.2) is 0 Å². The van der Waals surface area contributed by atoms with Gasteiger partial charge in [-0.25, -0.2) is 28.5 Å². The molecule has 25 nitrogen and oxygen atoms in total. The second kappa shape index (κ2) is 43.5. The molecule has 4 aliphatic carbocycles. The first-order valence-corrected chi connectivity index (χ1v) is 44.7. The minimum atomic E-state index is -1.47. The van der Waals surface area contributed by atoms with Crippen molar-refractivity contribution in [1.82, 2.24) is 50.6 Å². The van der Waals surface area contributed by atoms with E-state index in [9.17, 15) is 53.1 Å². The second-order valence-electron chi connectivity index (χ2n) is 31.5. The summed E-state index contributed by atoms with van der Waals surface area (Å²) in [6.07, 6.45) is 25.4. The van der Waals surface area contributed by atoms with Crippen LogP contribution in [0.5, 0.6) is 0 Å². The third-order valence-electron chi connectivity index (χ3n) is 23.7.